The molecule has 0 saturated heterocycles. The number of ether oxygens (including phenoxy) is 1. The van der Waals surface area contributed by atoms with Crippen LogP contribution in [0.2, 0.25) is 0 Å². The standard InChI is InChI=1S/C23H46O2/c1-5-7-11-16-22(17-12-8-6-2)19-20-25-23(24)18-14-10-9-13-15-21(3)4/h21-22H,5-20H2,1-4H3. The molecule has 0 aromatic carbocycles. The molecule has 2 heteroatoms. The highest BCUT2D eigenvalue weighted by atomic mass is 16.5. The fourth-order valence-corrected chi connectivity index (χ4v) is 3.39. The topological polar surface area (TPSA) is 26.3 Å². The molecule has 0 aliphatic heterocycles. The smallest absolute Gasteiger partial charge is 0.305 e. The van der Waals surface area contributed by atoms with Gasteiger partial charge >= 0.3 is 5.97 Å². The summed E-state index contributed by atoms with van der Waals surface area (Å²) in [6.07, 6.45) is 18.2. The maximum atomic E-state index is 11.9. The van der Waals surface area contributed by atoms with Crippen LogP contribution in [0, 0.1) is 11.8 Å². The average Bonchev–Trinajstić information content (AvgIpc) is 2.57. The normalized spacial score (nSPS) is 11.4. The molecular weight excluding hydrogens is 308 g/mol. The fourth-order valence-electron chi connectivity index (χ4n) is 3.39. The van der Waals surface area contributed by atoms with Gasteiger partial charge in [-0.05, 0) is 24.7 Å². The van der Waals surface area contributed by atoms with E-state index in [9.17, 15) is 4.79 Å². The second-order valence-corrected chi connectivity index (χ2v) is 8.21. The summed E-state index contributed by atoms with van der Waals surface area (Å²) in [6, 6.07) is 0. The van der Waals surface area contributed by atoms with Gasteiger partial charge in [-0.3, -0.25) is 4.79 Å². The Balaban J connectivity index is 3.72. The Morgan fingerprint density at radius 1 is 0.720 bits per heavy atom. The summed E-state index contributed by atoms with van der Waals surface area (Å²) in [4.78, 5) is 11.9. The van der Waals surface area contributed by atoms with Crippen molar-refractivity contribution in [1.29, 1.82) is 0 Å². The molecule has 0 spiro atoms. The Labute approximate surface area is 158 Å². The van der Waals surface area contributed by atoms with Crippen molar-refractivity contribution in [2.75, 3.05) is 6.61 Å². The zero-order valence-electron chi connectivity index (χ0n) is 17.8. The molecule has 0 N–H and O–H groups in total. The third-order valence-corrected chi connectivity index (χ3v) is 5.13. The zero-order valence-corrected chi connectivity index (χ0v) is 17.8. The highest BCUT2D eigenvalue weighted by molar-refractivity contribution is 5.69. The SMILES string of the molecule is CCCCCC(CCCCC)CCOC(=O)CCCCCCC(C)C. The van der Waals surface area contributed by atoms with E-state index in [4.69, 9.17) is 4.74 Å². The molecule has 150 valence electrons. The number of unbranched alkanes of at least 4 members (excludes halogenated alkanes) is 7. The van der Waals surface area contributed by atoms with E-state index in [0.717, 1.165) is 24.7 Å². The molecule has 0 aromatic heterocycles. The lowest BCUT2D eigenvalue weighted by molar-refractivity contribution is -0.144. The van der Waals surface area contributed by atoms with E-state index in [1.165, 1.54) is 77.0 Å². The van der Waals surface area contributed by atoms with Gasteiger partial charge in [-0.1, -0.05) is 105 Å². The largest absolute Gasteiger partial charge is 0.466 e. The van der Waals surface area contributed by atoms with Crippen LogP contribution in [0.25, 0.3) is 0 Å². The van der Waals surface area contributed by atoms with Crippen LogP contribution in [0.3, 0.4) is 0 Å². The molecule has 0 radical (unpaired) electrons. The maximum Gasteiger partial charge on any atom is 0.305 e. The minimum absolute atomic E-state index is 0.0183. The first-order valence-electron chi connectivity index (χ1n) is 11.3. The summed E-state index contributed by atoms with van der Waals surface area (Å²) in [5, 5.41) is 0. The molecule has 0 fully saturated rings. The van der Waals surface area contributed by atoms with Crippen molar-refractivity contribution in [2.45, 2.75) is 124 Å². The van der Waals surface area contributed by atoms with E-state index in [2.05, 4.69) is 27.7 Å². The predicted octanol–water partition coefficient (Wildman–Crippen LogP) is 7.69. The molecule has 2 nitrogen and oxygen atoms in total. The van der Waals surface area contributed by atoms with Crippen LogP contribution in [0.1, 0.15) is 124 Å². The minimum Gasteiger partial charge on any atom is -0.466 e. The number of carbonyl (C=O) groups excluding carboxylic acids is 1. The Kier molecular flexibility index (Phi) is 17.9. The number of hydrogen-bond donors (Lipinski definition) is 0. The predicted molar refractivity (Wildman–Crippen MR) is 110 cm³/mol. The van der Waals surface area contributed by atoms with Gasteiger partial charge < -0.3 is 4.74 Å². The van der Waals surface area contributed by atoms with E-state index in [1.54, 1.807) is 0 Å². The van der Waals surface area contributed by atoms with Crippen LogP contribution in [0.4, 0.5) is 0 Å². The molecule has 0 aliphatic carbocycles. The van der Waals surface area contributed by atoms with Crippen LogP contribution in [-0.4, -0.2) is 12.6 Å². The molecule has 0 unspecified atom stereocenters. The second kappa shape index (κ2) is 18.3. The van der Waals surface area contributed by atoms with Crippen molar-refractivity contribution in [1.82, 2.24) is 0 Å². The Bertz CT molecular complexity index is 276. The van der Waals surface area contributed by atoms with Crippen LogP contribution in [0.5, 0.6) is 0 Å². The van der Waals surface area contributed by atoms with Gasteiger partial charge in [0.25, 0.3) is 0 Å². The lowest BCUT2D eigenvalue weighted by atomic mass is 9.92. The first kappa shape index (κ1) is 24.5. The van der Waals surface area contributed by atoms with Gasteiger partial charge in [-0.15, -0.1) is 0 Å². The second-order valence-electron chi connectivity index (χ2n) is 8.21. The average molecular weight is 355 g/mol. The van der Waals surface area contributed by atoms with Gasteiger partial charge in [0.1, 0.15) is 0 Å². The maximum absolute atomic E-state index is 11.9. The molecule has 0 saturated carbocycles. The quantitative estimate of drug-likeness (QED) is 0.186. The lowest BCUT2D eigenvalue weighted by Crippen LogP contribution is -2.10. The highest BCUT2D eigenvalue weighted by Crippen LogP contribution is 2.21. The Morgan fingerprint density at radius 3 is 1.84 bits per heavy atom. The van der Waals surface area contributed by atoms with Crippen LogP contribution in [0.15, 0.2) is 0 Å². The van der Waals surface area contributed by atoms with Gasteiger partial charge in [-0.25, -0.2) is 0 Å². The molecule has 0 aliphatic rings. The third kappa shape index (κ3) is 18.1. The number of carbonyl (C=O) groups is 1. The summed E-state index contributed by atoms with van der Waals surface area (Å²) in [6.45, 7) is 9.70. The van der Waals surface area contributed by atoms with Crippen molar-refractivity contribution in [3.05, 3.63) is 0 Å². The van der Waals surface area contributed by atoms with E-state index in [0.29, 0.717) is 13.0 Å². The molecule has 25 heavy (non-hydrogen) atoms. The van der Waals surface area contributed by atoms with Crippen molar-refractivity contribution in [3.8, 4) is 0 Å². The van der Waals surface area contributed by atoms with Crippen molar-refractivity contribution in [3.63, 3.8) is 0 Å². The summed E-state index contributed by atoms with van der Waals surface area (Å²) in [5.41, 5.74) is 0. The van der Waals surface area contributed by atoms with Crippen LogP contribution < -0.4 is 0 Å². The lowest BCUT2D eigenvalue weighted by Gasteiger charge is -2.16. The fraction of sp³-hybridized carbons (Fsp3) is 0.957. The molecule has 0 aromatic rings. The summed E-state index contributed by atoms with van der Waals surface area (Å²) < 4.78 is 5.49. The summed E-state index contributed by atoms with van der Waals surface area (Å²) in [5.74, 6) is 1.57. The van der Waals surface area contributed by atoms with Gasteiger partial charge in [0, 0.05) is 6.42 Å². The molecule has 0 rings (SSSR count). The first-order valence-corrected chi connectivity index (χ1v) is 11.3. The number of rotatable bonds is 18. The third-order valence-electron chi connectivity index (χ3n) is 5.13. The summed E-state index contributed by atoms with van der Waals surface area (Å²) >= 11 is 0. The van der Waals surface area contributed by atoms with Gasteiger partial charge in [-0.2, -0.15) is 0 Å². The van der Waals surface area contributed by atoms with E-state index >= 15 is 0 Å². The molecular formula is C23H46O2. The molecule has 0 atom stereocenters. The van der Waals surface area contributed by atoms with Crippen LogP contribution in [-0.2, 0) is 9.53 Å². The molecule has 0 heterocycles. The van der Waals surface area contributed by atoms with Crippen molar-refractivity contribution in [2.24, 2.45) is 11.8 Å². The van der Waals surface area contributed by atoms with Crippen molar-refractivity contribution >= 4 is 5.97 Å². The minimum atomic E-state index is 0.0183. The van der Waals surface area contributed by atoms with Crippen molar-refractivity contribution < 1.29 is 9.53 Å². The van der Waals surface area contributed by atoms with Gasteiger partial charge in [0.05, 0.1) is 6.61 Å². The number of hydrogen-bond acceptors (Lipinski definition) is 2. The Hall–Kier alpha value is -0.530. The van der Waals surface area contributed by atoms with E-state index in [1.807, 2.05) is 0 Å². The molecule has 0 amide bonds. The highest BCUT2D eigenvalue weighted by Gasteiger charge is 2.10. The number of esters is 1. The van der Waals surface area contributed by atoms with E-state index < -0.39 is 0 Å². The zero-order chi connectivity index (χ0) is 18.8. The summed E-state index contributed by atoms with van der Waals surface area (Å²) in [7, 11) is 0. The molecule has 0 bridgehead atoms. The van der Waals surface area contributed by atoms with Gasteiger partial charge in [0.2, 0.25) is 0 Å². The monoisotopic (exact) mass is 354 g/mol. The van der Waals surface area contributed by atoms with Gasteiger partial charge in [0.15, 0.2) is 0 Å². The van der Waals surface area contributed by atoms with Crippen LogP contribution >= 0.6 is 0 Å². The first-order chi connectivity index (χ1) is 12.1. The Morgan fingerprint density at radius 2 is 1.28 bits per heavy atom. The van der Waals surface area contributed by atoms with E-state index in [-0.39, 0.29) is 5.97 Å².